The molecule has 0 bridgehead atoms. The van der Waals surface area contributed by atoms with Crippen LogP contribution in [0.3, 0.4) is 0 Å². The quantitative estimate of drug-likeness (QED) is 0.675. The Morgan fingerprint density at radius 3 is 2.07 bits per heavy atom. The third-order valence-electron chi connectivity index (χ3n) is 1.22. The number of carboxylic acid groups (broad SMARTS) is 1. The molecule has 1 aromatic carbocycles. The van der Waals surface area contributed by atoms with E-state index >= 15 is 0 Å². The van der Waals surface area contributed by atoms with E-state index in [1.54, 1.807) is 0 Å². The van der Waals surface area contributed by atoms with Crippen molar-refractivity contribution >= 4 is 12.2 Å². The third kappa shape index (κ3) is 9.68. The fraction of sp³-hybridized carbons (Fsp3) is 0.111. The number of rotatable bonds is 2. The number of benzene rings is 1. The number of nitrogens with two attached hydrogens (primary N) is 2. The Hall–Kier alpha value is -2.24. The van der Waals surface area contributed by atoms with Gasteiger partial charge in [-0.1, -0.05) is 30.3 Å². The van der Waals surface area contributed by atoms with Gasteiger partial charge >= 0.3 is 12.2 Å². The third-order valence-corrected chi connectivity index (χ3v) is 1.22. The molecule has 0 atom stereocenters. The van der Waals surface area contributed by atoms with Crippen molar-refractivity contribution in [2.45, 2.75) is 6.61 Å². The van der Waals surface area contributed by atoms with Crippen LogP contribution in [0.1, 0.15) is 5.56 Å². The summed E-state index contributed by atoms with van der Waals surface area (Å²) in [5.41, 5.74) is 9.74. The summed E-state index contributed by atoms with van der Waals surface area (Å²) in [7, 11) is 0. The molecule has 82 valence electrons. The molecule has 0 unspecified atom stereocenters. The molecule has 0 radical (unpaired) electrons. The van der Waals surface area contributed by atoms with Crippen LogP contribution in [0.25, 0.3) is 0 Å². The minimum absolute atomic E-state index is 0.246. The summed E-state index contributed by atoms with van der Waals surface area (Å²) >= 11 is 0. The first-order chi connectivity index (χ1) is 7.02. The van der Waals surface area contributed by atoms with Crippen molar-refractivity contribution in [3.63, 3.8) is 0 Å². The van der Waals surface area contributed by atoms with Crippen LogP contribution < -0.4 is 11.5 Å². The summed E-state index contributed by atoms with van der Waals surface area (Å²) in [6.45, 7) is 0.246. The Morgan fingerprint density at radius 2 is 1.67 bits per heavy atom. The Labute approximate surface area is 86.4 Å². The van der Waals surface area contributed by atoms with Gasteiger partial charge in [-0.15, -0.1) is 0 Å². The molecule has 0 aromatic heterocycles. The fourth-order valence-corrected chi connectivity index (χ4v) is 0.729. The number of amides is 2. The molecule has 2 amide bonds. The summed E-state index contributed by atoms with van der Waals surface area (Å²) in [6.07, 6.45) is -2.08. The molecule has 0 saturated carbocycles. The molecule has 1 rings (SSSR count). The zero-order valence-corrected chi connectivity index (χ0v) is 7.92. The number of ether oxygens (including phenoxy) is 1. The standard InChI is InChI=1S/C8H9NO2.CH3NO2/c9-8(10)11-6-7-4-2-1-3-5-7;2-1(3)4/h1-5H,6H2,(H2,9,10);2H2,(H,3,4). The summed E-state index contributed by atoms with van der Waals surface area (Å²) in [5, 5.41) is 7.19. The van der Waals surface area contributed by atoms with Gasteiger partial charge in [0.2, 0.25) is 0 Å². The maximum Gasteiger partial charge on any atom is 0.404 e. The molecule has 0 aliphatic carbocycles. The van der Waals surface area contributed by atoms with Gasteiger partial charge in [0.1, 0.15) is 6.61 Å². The lowest BCUT2D eigenvalue weighted by molar-refractivity contribution is 0.150. The van der Waals surface area contributed by atoms with E-state index in [4.69, 9.17) is 15.6 Å². The molecule has 1 aromatic rings. The Kier molecular flexibility index (Phi) is 6.12. The molecule has 6 heteroatoms. The lowest BCUT2D eigenvalue weighted by atomic mass is 10.2. The number of hydrogen-bond acceptors (Lipinski definition) is 3. The van der Waals surface area contributed by atoms with E-state index < -0.39 is 12.2 Å². The first-order valence-corrected chi connectivity index (χ1v) is 3.97. The average molecular weight is 212 g/mol. The molecule has 0 spiro atoms. The highest BCUT2D eigenvalue weighted by Gasteiger charge is 1.93. The first-order valence-electron chi connectivity index (χ1n) is 3.97. The maximum absolute atomic E-state index is 10.2. The van der Waals surface area contributed by atoms with E-state index in [1.807, 2.05) is 30.3 Å². The van der Waals surface area contributed by atoms with Crippen molar-refractivity contribution in [2.24, 2.45) is 11.5 Å². The molecule has 0 saturated heterocycles. The van der Waals surface area contributed by atoms with E-state index in [9.17, 15) is 4.79 Å². The van der Waals surface area contributed by atoms with Gasteiger partial charge in [-0.2, -0.15) is 0 Å². The fourth-order valence-electron chi connectivity index (χ4n) is 0.729. The smallest absolute Gasteiger partial charge is 0.404 e. The number of carbonyl (C=O) groups excluding carboxylic acids is 1. The first kappa shape index (κ1) is 12.8. The molecule has 15 heavy (non-hydrogen) atoms. The minimum Gasteiger partial charge on any atom is -0.465 e. The molecule has 0 aliphatic heterocycles. The molecule has 0 heterocycles. The second kappa shape index (κ2) is 7.19. The molecule has 0 aliphatic rings. The number of carbonyl (C=O) groups is 2. The van der Waals surface area contributed by atoms with E-state index in [0.717, 1.165) is 5.56 Å². The van der Waals surface area contributed by atoms with E-state index in [1.165, 1.54) is 0 Å². The van der Waals surface area contributed by atoms with Gasteiger partial charge in [0.25, 0.3) is 0 Å². The zero-order valence-electron chi connectivity index (χ0n) is 7.92. The van der Waals surface area contributed by atoms with Crippen LogP contribution in [0.2, 0.25) is 0 Å². The van der Waals surface area contributed by atoms with E-state index in [2.05, 4.69) is 10.5 Å². The number of primary amides is 2. The molecular formula is C9H12N2O4. The normalized spacial score (nSPS) is 8.27. The lowest BCUT2D eigenvalue weighted by Crippen LogP contribution is -2.12. The Balaban J connectivity index is 0.000000423. The highest BCUT2D eigenvalue weighted by molar-refractivity contribution is 5.64. The predicted molar refractivity (Wildman–Crippen MR) is 53.0 cm³/mol. The molecule has 0 fully saturated rings. The van der Waals surface area contributed by atoms with Crippen LogP contribution in [0.4, 0.5) is 9.59 Å². The highest BCUT2D eigenvalue weighted by Crippen LogP contribution is 1.99. The monoisotopic (exact) mass is 212 g/mol. The topological polar surface area (TPSA) is 116 Å². The molecule has 5 N–H and O–H groups in total. The molecular weight excluding hydrogens is 200 g/mol. The van der Waals surface area contributed by atoms with Crippen LogP contribution >= 0.6 is 0 Å². The van der Waals surface area contributed by atoms with Crippen molar-refractivity contribution in [1.82, 2.24) is 0 Å². The van der Waals surface area contributed by atoms with Gasteiger partial charge in [-0.3, -0.25) is 0 Å². The van der Waals surface area contributed by atoms with Gasteiger partial charge in [0, 0.05) is 0 Å². The highest BCUT2D eigenvalue weighted by atomic mass is 16.5. The zero-order chi connectivity index (χ0) is 11.7. The van der Waals surface area contributed by atoms with Crippen LogP contribution in [0.15, 0.2) is 30.3 Å². The van der Waals surface area contributed by atoms with Crippen molar-refractivity contribution in [3.05, 3.63) is 35.9 Å². The maximum atomic E-state index is 10.2. The van der Waals surface area contributed by atoms with E-state index in [0.29, 0.717) is 0 Å². The summed E-state index contributed by atoms with van der Waals surface area (Å²) < 4.78 is 4.57. The Morgan fingerprint density at radius 1 is 1.20 bits per heavy atom. The Bertz CT molecular complexity index is 309. The van der Waals surface area contributed by atoms with Gasteiger partial charge in [-0.05, 0) is 5.56 Å². The van der Waals surface area contributed by atoms with Crippen molar-refractivity contribution < 1.29 is 19.4 Å². The SMILES string of the molecule is NC(=O)O.NC(=O)OCc1ccccc1. The summed E-state index contributed by atoms with van der Waals surface area (Å²) in [5.74, 6) is 0. The van der Waals surface area contributed by atoms with Crippen LogP contribution in [-0.4, -0.2) is 17.3 Å². The predicted octanol–water partition coefficient (Wildman–Crippen LogP) is 0.905. The largest absolute Gasteiger partial charge is 0.465 e. The van der Waals surface area contributed by atoms with Crippen molar-refractivity contribution in [3.8, 4) is 0 Å². The van der Waals surface area contributed by atoms with Crippen molar-refractivity contribution in [1.29, 1.82) is 0 Å². The minimum atomic E-state index is -1.33. The summed E-state index contributed by atoms with van der Waals surface area (Å²) in [6, 6.07) is 9.37. The van der Waals surface area contributed by atoms with Crippen LogP contribution in [0.5, 0.6) is 0 Å². The van der Waals surface area contributed by atoms with Gasteiger partial charge in [0.15, 0.2) is 0 Å². The average Bonchev–Trinajstić information content (AvgIpc) is 2.15. The lowest BCUT2D eigenvalue weighted by Gasteiger charge is -1.99. The second-order valence-electron chi connectivity index (χ2n) is 2.43. The summed E-state index contributed by atoms with van der Waals surface area (Å²) in [4.78, 5) is 19.0. The van der Waals surface area contributed by atoms with E-state index in [-0.39, 0.29) is 6.61 Å². The van der Waals surface area contributed by atoms with Crippen LogP contribution in [-0.2, 0) is 11.3 Å². The van der Waals surface area contributed by atoms with Gasteiger partial charge in [-0.25, -0.2) is 9.59 Å². The number of hydrogen-bond donors (Lipinski definition) is 3. The second-order valence-corrected chi connectivity index (χ2v) is 2.43. The van der Waals surface area contributed by atoms with Crippen molar-refractivity contribution in [2.75, 3.05) is 0 Å². The van der Waals surface area contributed by atoms with Crippen LogP contribution in [0, 0.1) is 0 Å². The van der Waals surface area contributed by atoms with Gasteiger partial charge in [0.05, 0.1) is 0 Å². The van der Waals surface area contributed by atoms with Gasteiger partial charge < -0.3 is 21.3 Å². The molecule has 6 nitrogen and oxygen atoms in total.